The molecule has 4 heteroatoms. The molecular formula is C16H20BrNO2. The maximum absolute atomic E-state index is 12.3. The summed E-state index contributed by atoms with van der Waals surface area (Å²) in [6, 6.07) is 5.85. The van der Waals surface area contributed by atoms with Crippen LogP contribution in [0.15, 0.2) is 18.2 Å². The molecule has 3 nitrogen and oxygen atoms in total. The fourth-order valence-corrected chi connectivity index (χ4v) is 3.03. The maximum atomic E-state index is 12.3. The molecule has 1 heterocycles. The topological polar surface area (TPSA) is 37.4 Å². The molecule has 0 saturated carbocycles. The number of benzene rings is 1. The van der Waals surface area contributed by atoms with E-state index in [1.807, 2.05) is 23.1 Å². The second kappa shape index (κ2) is 6.53. The number of anilines is 1. The molecule has 108 valence electrons. The zero-order valence-corrected chi connectivity index (χ0v) is 13.6. The average Bonchev–Trinajstić information content (AvgIpc) is 2.78. The maximum Gasteiger partial charge on any atom is 0.227 e. The molecule has 2 rings (SSSR count). The van der Waals surface area contributed by atoms with Gasteiger partial charge in [0, 0.05) is 23.7 Å². The van der Waals surface area contributed by atoms with Crippen molar-refractivity contribution in [2.75, 3.05) is 10.2 Å². The fourth-order valence-electron chi connectivity index (χ4n) is 2.71. The second-order valence-corrected chi connectivity index (χ2v) is 5.88. The molecule has 1 aromatic rings. The van der Waals surface area contributed by atoms with Gasteiger partial charge in [0.25, 0.3) is 0 Å². The zero-order chi connectivity index (χ0) is 14.7. The number of carbonyl (C=O) groups is 2. The first-order valence-corrected chi connectivity index (χ1v) is 8.24. The summed E-state index contributed by atoms with van der Waals surface area (Å²) < 4.78 is 0. The largest absolute Gasteiger partial charge is 0.309 e. The van der Waals surface area contributed by atoms with Crippen LogP contribution < -0.4 is 4.90 Å². The van der Waals surface area contributed by atoms with Crippen LogP contribution in [0.1, 0.15) is 49.0 Å². The van der Waals surface area contributed by atoms with E-state index in [1.165, 1.54) is 0 Å². The Hall–Kier alpha value is -1.16. The van der Waals surface area contributed by atoms with Crippen LogP contribution in [-0.4, -0.2) is 23.1 Å². The van der Waals surface area contributed by atoms with Gasteiger partial charge in [-0.2, -0.15) is 0 Å². The van der Waals surface area contributed by atoms with E-state index < -0.39 is 0 Å². The third kappa shape index (κ3) is 2.95. The number of amides is 1. The number of nitrogens with zero attached hydrogens (tertiary/aromatic N) is 1. The van der Waals surface area contributed by atoms with Crippen LogP contribution in [-0.2, 0) is 11.2 Å². The molecule has 0 saturated heterocycles. The van der Waals surface area contributed by atoms with Crippen molar-refractivity contribution in [2.24, 2.45) is 0 Å². The number of fused-ring (bicyclic) bond motifs is 1. The monoisotopic (exact) mass is 337 g/mol. The van der Waals surface area contributed by atoms with Crippen molar-refractivity contribution in [3.63, 3.8) is 0 Å². The summed E-state index contributed by atoms with van der Waals surface area (Å²) in [6.07, 6.45) is 3.38. The highest BCUT2D eigenvalue weighted by molar-refractivity contribution is 9.09. The predicted molar refractivity (Wildman–Crippen MR) is 84.7 cm³/mol. The molecule has 20 heavy (non-hydrogen) atoms. The Kier molecular flexibility index (Phi) is 4.97. The highest BCUT2D eigenvalue weighted by Crippen LogP contribution is 2.33. The molecule has 1 aromatic carbocycles. The van der Waals surface area contributed by atoms with Crippen molar-refractivity contribution in [2.45, 2.75) is 45.6 Å². The Labute approximate surface area is 128 Å². The lowest BCUT2D eigenvalue weighted by atomic mass is 10.1. The molecule has 0 radical (unpaired) electrons. The highest BCUT2D eigenvalue weighted by Gasteiger charge is 2.30. The van der Waals surface area contributed by atoms with E-state index in [0.29, 0.717) is 11.8 Å². The van der Waals surface area contributed by atoms with Gasteiger partial charge >= 0.3 is 0 Å². The summed E-state index contributed by atoms with van der Waals surface area (Å²) in [4.78, 5) is 25.9. The molecule has 0 fully saturated rings. The first kappa shape index (κ1) is 15.2. The molecule has 1 aliphatic rings. The van der Waals surface area contributed by atoms with E-state index in [4.69, 9.17) is 0 Å². The van der Waals surface area contributed by atoms with Gasteiger partial charge in [0.05, 0.1) is 5.33 Å². The van der Waals surface area contributed by atoms with Crippen molar-refractivity contribution >= 4 is 33.3 Å². The van der Waals surface area contributed by atoms with Gasteiger partial charge in [-0.1, -0.05) is 29.3 Å². The lowest BCUT2D eigenvalue weighted by molar-refractivity contribution is -0.119. The standard InChI is InChI=1S/C16H20BrNO2/c1-3-4-5-16(20)18-11(2)8-13-9-12(15(19)10-17)6-7-14(13)18/h6-7,9,11H,3-5,8,10H2,1-2H3. The molecule has 0 N–H and O–H groups in total. The van der Waals surface area contributed by atoms with Gasteiger partial charge in [0.1, 0.15) is 0 Å². The van der Waals surface area contributed by atoms with Crippen LogP contribution in [0, 0.1) is 0 Å². The van der Waals surface area contributed by atoms with E-state index in [0.717, 1.165) is 36.1 Å². The Morgan fingerprint density at radius 1 is 1.40 bits per heavy atom. The van der Waals surface area contributed by atoms with Gasteiger partial charge in [0.2, 0.25) is 5.91 Å². The van der Waals surface area contributed by atoms with Gasteiger partial charge < -0.3 is 4.90 Å². The first-order chi connectivity index (χ1) is 9.58. The van der Waals surface area contributed by atoms with Crippen LogP contribution in [0.4, 0.5) is 5.69 Å². The molecular weight excluding hydrogens is 318 g/mol. The molecule has 1 unspecified atom stereocenters. The lowest BCUT2D eigenvalue weighted by Crippen LogP contribution is -2.35. The summed E-state index contributed by atoms with van der Waals surface area (Å²) in [5.74, 6) is 0.272. The third-order valence-electron chi connectivity index (χ3n) is 3.75. The predicted octanol–water partition coefficient (Wildman–Crippen LogP) is 3.73. The molecule has 0 spiro atoms. The minimum Gasteiger partial charge on any atom is -0.309 e. The smallest absolute Gasteiger partial charge is 0.227 e. The van der Waals surface area contributed by atoms with Crippen LogP contribution in [0.2, 0.25) is 0 Å². The van der Waals surface area contributed by atoms with E-state index in [9.17, 15) is 9.59 Å². The van der Waals surface area contributed by atoms with Crippen molar-refractivity contribution in [1.82, 2.24) is 0 Å². The number of halogens is 1. The molecule has 0 aromatic heterocycles. The van der Waals surface area contributed by atoms with Gasteiger partial charge in [-0.15, -0.1) is 0 Å². The lowest BCUT2D eigenvalue weighted by Gasteiger charge is -2.22. The van der Waals surface area contributed by atoms with Gasteiger partial charge in [-0.25, -0.2) is 0 Å². The average molecular weight is 338 g/mol. The summed E-state index contributed by atoms with van der Waals surface area (Å²) in [5, 5.41) is 0.334. The second-order valence-electron chi connectivity index (χ2n) is 5.32. The van der Waals surface area contributed by atoms with E-state index >= 15 is 0 Å². The van der Waals surface area contributed by atoms with Crippen molar-refractivity contribution in [1.29, 1.82) is 0 Å². The molecule has 1 amide bonds. The van der Waals surface area contributed by atoms with E-state index in [2.05, 4.69) is 29.8 Å². The summed E-state index contributed by atoms with van der Waals surface area (Å²) in [7, 11) is 0. The van der Waals surface area contributed by atoms with Crippen LogP contribution in [0.3, 0.4) is 0 Å². The Balaban J connectivity index is 2.25. The number of Topliss-reactive ketones (excluding diaryl/α,β-unsaturated/α-hetero) is 1. The summed E-state index contributed by atoms with van der Waals surface area (Å²) in [5.41, 5.74) is 2.80. The van der Waals surface area contributed by atoms with Gasteiger partial charge in [-0.05, 0) is 43.5 Å². The fraction of sp³-hybridized carbons (Fsp3) is 0.500. The summed E-state index contributed by atoms with van der Waals surface area (Å²) in [6.45, 7) is 4.16. The molecule has 0 aliphatic carbocycles. The summed E-state index contributed by atoms with van der Waals surface area (Å²) >= 11 is 3.19. The van der Waals surface area contributed by atoms with Crippen molar-refractivity contribution in [3.8, 4) is 0 Å². The minimum absolute atomic E-state index is 0.0798. The minimum atomic E-state index is 0.0798. The van der Waals surface area contributed by atoms with Crippen molar-refractivity contribution in [3.05, 3.63) is 29.3 Å². The number of alkyl halides is 1. The van der Waals surface area contributed by atoms with Crippen LogP contribution >= 0.6 is 15.9 Å². The zero-order valence-electron chi connectivity index (χ0n) is 12.0. The van der Waals surface area contributed by atoms with Crippen molar-refractivity contribution < 1.29 is 9.59 Å². The Bertz CT molecular complexity index is 527. The third-order valence-corrected chi connectivity index (χ3v) is 4.26. The van der Waals surface area contributed by atoms with Crippen LogP contribution in [0.25, 0.3) is 0 Å². The number of ketones is 1. The Morgan fingerprint density at radius 2 is 2.15 bits per heavy atom. The quantitative estimate of drug-likeness (QED) is 0.606. The SMILES string of the molecule is CCCCC(=O)N1c2ccc(C(=O)CBr)cc2CC1C. The number of carbonyl (C=O) groups excluding carboxylic acids is 2. The van der Waals surface area contributed by atoms with E-state index in [1.54, 1.807) is 0 Å². The molecule has 0 bridgehead atoms. The van der Waals surface area contributed by atoms with E-state index in [-0.39, 0.29) is 17.7 Å². The number of unbranched alkanes of at least 4 members (excludes halogenated alkanes) is 1. The highest BCUT2D eigenvalue weighted by atomic mass is 79.9. The first-order valence-electron chi connectivity index (χ1n) is 7.12. The van der Waals surface area contributed by atoms with Crippen LogP contribution in [0.5, 0.6) is 0 Å². The number of rotatable bonds is 5. The van der Waals surface area contributed by atoms with Gasteiger partial charge in [0.15, 0.2) is 5.78 Å². The number of hydrogen-bond donors (Lipinski definition) is 0. The van der Waals surface area contributed by atoms with Gasteiger partial charge in [-0.3, -0.25) is 9.59 Å². The number of hydrogen-bond acceptors (Lipinski definition) is 2. The Morgan fingerprint density at radius 3 is 2.80 bits per heavy atom. The molecule has 1 atom stereocenters. The molecule has 1 aliphatic heterocycles. The normalized spacial score (nSPS) is 17.1.